The number of hydrogen-bond donors (Lipinski definition) is 2. The lowest BCUT2D eigenvalue weighted by Gasteiger charge is -2.13. The van der Waals surface area contributed by atoms with E-state index in [1.54, 1.807) is 18.2 Å². The van der Waals surface area contributed by atoms with Crippen molar-refractivity contribution in [1.82, 2.24) is 0 Å². The van der Waals surface area contributed by atoms with Gasteiger partial charge in [-0.05, 0) is 5.56 Å². The fraction of sp³-hybridized carbons (Fsp3) is 0. The molecule has 2 aromatic rings. The summed E-state index contributed by atoms with van der Waals surface area (Å²) >= 11 is 0.727. The molecule has 4 nitrogen and oxygen atoms in total. The van der Waals surface area contributed by atoms with Gasteiger partial charge in [0, 0.05) is 5.56 Å². The van der Waals surface area contributed by atoms with Gasteiger partial charge in [0.1, 0.15) is 0 Å². The second-order valence-electron chi connectivity index (χ2n) is 3.66. The van der Waals surface area contributed by atoms with Crippen LogP contribution in [-0.2, 0) is 0 Å². The molecule has 0 fully saturated rings. The maximum Gasteiger partial charge on any atom is 0.244 e. The summed E-state index contributed by atoms with van der Waals surface area (Å²) in [5.41, 5.74) is 1.01. The molecule has 1 aromatic carbocycles. The molecule has 0 unspecified atom stereocenters. The molecule has 0 radical (unpaired) electrons. The molecule has 0 atom stereocenters. The van der Waals surface area contributed by atoms with Crippen LogP contribution in [0.2, 0.25) is 0 Å². The van der Waals surface area contributed by atoms with Crippen LogP contribution in [0.15, 0.2) is 24.3 Å². The van der Waals surface area contributed by atoms with Crippen molar-refractivity contribution in [3.05, 3.63) is 34.7 Å². The molecule has 0 saturated heterocycles. The Labute approximate surface area is 99.8 Å². The topological polar surface area (TPSA) is 74.6 Å². The Morgan fingerprint density at radius 2 is 1.59 bits per heavy atom. The summed E-state index contributed by atoms with van der Waals surface area (Å²) in [6.07, 6.45) is 0. The third-order valence-electron chi connectivity index (χ3n) is 2.72. The molecule has 0 bridgehead atoms. The van der Waals surface area contributed by atoms with E-state index in [0.717, 1.165) is 11.3 Å². The molecular weight excluding hydrogens is 240 g/mol. The second-order valence-corrected chi connectivity index (χ2v) is 4.66. The zero-order valence-corrected chi connectivity index (χ0v) is 9.25. The van der Waals surface area contributed by atoms with Crippen LogP contribution in [0.5, 0.6) is 10.8 Å². The molecule has 3 rings (SSSR count). The summed E-state index contributed by atoms with van der Waals surface area (Å²) < 4.78 is 0. The number of aromatic hydroxyl groups is 2. The number of carbonyl (C=O) groups excluding carboxylic acids is 2. The fourth-order valence-electron chi connectivity index (χ4n) is 1.94. The Bertz CT molecular complexity index is 669. The van der Waals surface area contributed by atoms with Gasteiger partial charge in [0.25, 0.3) is 0 Å². The number of rotatable bonds is 0. The van der Waals surface area contributed by atoms with Crippen molar-refractivity contribution in [2.45, 2.75) is 0 Å². The van der Waals surface area contributed by atoms with Gasteiger partial charge in [0.15, 0.2) is 5.75 Å². The van der Waals surface area contributed by atoms with Crippen LogP contribution < -0.4 is 0 Å². The third kappa shape index (κ3) is 1.17. The van der Waals surface area contributed by atoms with Gasteiger partial charge in [0.05, 0.1) is 10.4 Å². The van der Waals surface area contributed by atoms with E-state index < -0.39 is 11.6 Å². The minimum absolute atomic E-state index is 0.101. The average molecular weight is 246 g/mol. The first-order valence-electron chi connectivity index (χ1n) is 4.84. The lowest BCUT2D eigenvalue weighted by Crippen LogP contribution is -2.19. The molecule has 2 N–H and O–H groups in total. The molecule has 0 spiro atoms. The lowest BCUT2D eigenvalue weighted by molar-refractivity contribution is 0.0817. The molecular formula is C12H6O4S. The Balaban J connectivity index is 2.45. The Kier molecular flexibility index (Phi) is 1.88. The number of carbonyl (C=O) groups is 2. The smallest absolute Gasteiger partial charge is 0.244 e. The first-order chi connectivity index (χ1) is 8.11. The normalized spacial score (nSPS) is 13.4. The third-order valence-corrected chi connectivity index (χ3v) is 3.70. The quantitative estimate of drug-likeness (QED) is 0.699. The minimum atomic E-state index is -0.681. The molecule has 1 heterocycles. The second kappa shape index (κ2) is 3.18. The van der Waals surface area contributed by atoms with E-state index >= 15 is 0 Å². The maximum atomic E-state index is 11.8. The molecule has 1 aromatic heterocycles. The predicted molar refractivity (Wildman–Crippen MR) is 61.7 cm³/mol. The molecule has 0 amide bonds. The highest BCUT2D eigenvalue weighted by atomic mass is 32.1. The Morgan fingerprint density at radius 3 is 2.29 bits per heavy atom. The Hall–Kier alpha value is -2.14. The number of ketones is 2. The zero-order chi connectivity index (χ0) is 12.2. The largest absolute Gasteiger partial charge is 0.503 e. The predicted octanol–water partition coefficient (Wildman–Crippen LogP) is 2.21. The molecule has 1 aliphatic rings. The molecule has 17 heavy (non-hydrogen) atoms. The van der Waals surface area contributed by atoms with E-state index in [9.17, 15) is 19.8 Å². The first-order valence-corrected chi connectivity index (χ1v) is 5.66. The lowest BCUT2D eigenvalue weighted by atomic mass is 9.88. The van der Waals surface area contributed by atoms with Gasteiger partial charge in [-0.2, -0.15) is 0 Å². The molecule has 0 saturated carbocycles. The number of thiophene rings is 1. The summed E-state index contributed by atoms with van der Waals surface area (Å²) in [5, 5.41) is 18.8. The number of benzene rings is 1. The van der Waals surface area contributed by atoms with Crippen LogP contribution in [0.25, 0.3) is 11.1 Å². The van der Waals surface area contributed by atoms with Crippen molar-refractivity contribution in [2.24, 2.45) is 0 Å². The van der Waals surface area contributed by atoms with Gasteiger partial charge in [-0.1, -0.05) is 35.6 Å². The van der Waals surface area contributed by atoms with E-state index in [4.69, 9.17) is 0 Å². The summed E-state index contributed by atoms with van der Waals surface area (Å²) in [4.78, 5) is 23.7. The van der Waals surface area contributed by atoms with E-state index in [-0.39, 0.29) is 26.8 Å². The molecule has 0 aliphatic heterocycles. The van der Waals surface area contributed by atoms with Crippen LogP contribution in [0.4, 0.5) is 0 Å². The van der Waals surface area contributed by atoms with E-state index in [1.807, 2.05) is 0 Å². The average Bonchev–Trinajstić information content (AvgIpc) is 2.63. The van der Waals surface area contributed by atoms with Crippen molar-refractivity contribution < 1.29 is 19.8 Å². The van der Waals surface area contributed by atoms with Gasteiger partial charge in [-0.15, -0.1) is 0 Å². The van der Waals surface area contributed by atoms with Gasteiger partial charge in [0.2, 0.25) is 16.6 Å². The zero-order valence-electron chi connectivity index (χ0n) is 8.43. The molecule has 5 heteroatoms. The van der Waals surface area contributed by atoms with Crippen molar-refractivity contribution in [1.29, 1.82) is 0 Å². The number of Topliss-reactive ketones (excluding diaryl/α,β-unsaturated/α-hetero) is 2. The van der Waals surface area contributed by atoms with E-state index in [1.165, 1.54) is 6.07 Å². The molecule has 1 aliphatic carbocycles. The summed E-state index contributed by atoms with van der Waals surface area (Å²) in [5.74, 6) is -1.62. The highest BCUT2D eigenvalue weighted by Crippen LogP contribution is 2.49. The number of hydrogen-bond acceptors (Lipinski definition) is 5. The van der Waals surface area contributed by atoms with Crippen molar-refractivity contribution >= 4 is 22.9 Å². The van der Waals surface area contributed by atoms with Crippen LogP contribution >= 0.6 is 11.3 Å². The Morgan fingerprint density at radius 1 is 0.941 bits per heavy atom. The molecule has 84 valence electrons. The SMILES string of the molecule is O=C1C(=O)c2sc(O)c(O)c2-c2ccccc21. The summed E-state index contributed by atoms with van der Waals surface area (Å²) in [7, 11) is 0. The number of fused-ring (bicyclic) bond motifs is 3. The highest BCUT2D eigenvalue weighted by molar-refractivity contribution is 7.17. The highest BCUT2D eigenvalue weighted by Gasteiger charge is 2.35. The van der Waals surface area contributed by atoms with Gasteiger partial charge < -0.3 is 10.2 Å². The van der Waals surface area contributed by atoms with Crippen LogP contribution in [0.1, 0.15) is 20.0 Å². The van der Waals surface area contributed by atoms with Crippen LogP contribution in [-0.4, -0.2) is 21.8 Å². The summed E-state index contributed by atoms with van der Waals surface area (Å²) in [6.45, 7) is 0. The van der Waals surface area contributed by atoms with Crippen LogP contribution in [0.3, 0.4) is 0 Å². The monoisotopic (exact) mass is 246 g/mol. The van der Waals surface area contributed by atoms with E-state index in [0.29, 0.717) is 5.56 Å². The van der Waals surface area contributed by atoms with Gasteiger partial charge >= 0.3 is 0 Å². The van der Waals surface area contributed by atoms with Crippen molar-refractivity contribution in [2.75, 3.05) is 0 Å². The minimum Gasteiger partial charge on any atom is -0.503 e. The van der Waals surface area contributed by atoms with Gasteiger partial charge in [-0.25, -0.2) is 0 Å². The maximum absolute atomic E-state index is 11.8. The van der Waals surface area contributed by atoms with E-state index in [2.05, 4.69) is 0 Å². The van der Waals surface area contributed by atoms with Crippen molar-refractivity contribution in [3.63, 3.8) is 0 Å². The summed E-state index contributed by atoms with van der Waals surface area (Å²) in [6, 6.07) is 6.54. The first kappa shape index (κ1) is 10.0. The van der Waals surface area contributed by atoms with Crippen LogP contribution in [0, 0.1) is 0 Å². The standard InChI is InChI=1S/C12H6O4S/c13-8-6-4-2-1-3-5(6)7-9(14)12(16)17-11(7)10(8)15/h1-4,14,16H. The van der Waals surface area contributed by atoms with Crippen molar-refractivity contribution in [3.8, 4) is 21.9 Å². The fourth-order valence-corrected chi connectivity index (χ4v) is 2.83. The van der Waals surface area contributed by atoms with Gasteiger partial charge in [-0.3, -0.25) is 9.59 Å².